The molecule has 0 radical (unpaired) electrons. The Kier molecular flexibility index (Phi) is 7.02. The van der Waals surface area contributed by atoms with Crippen LogP contribution in [0.1, 0.15) is 11.3 Å². The summed E-state index contributed by atoms with van der Waals surface area (Å²) in [5.41, 5.74) is 2.09. The average Bonchev–Trinajstić information content (AvgIpc) is 3.22. The maximum Gasteiger partial charge on any atom is 0.241 e. The van der Waals surface area contributed by atoms with Crippen LogP contribution in [0.2, 0.25) is 0 Å². The van der Waals surface area contributed by atoms with Gasteiger partial charge >= 0.3 is 0 Å². The van der Waals surface area contributed by atoms with E-state index in [-0.39, 0.29) is 12.5 Å². The summed E-state index contributed by atoms with van der Waals surface area (Å²) in [4.78, 5) is 22.9. The first-order valence-electron chi connectivity index (χ1n) is 9.51. The second-order valence-electron chi connectivity index (χ2n) is 7.02. The van der Waals surface area contributed by atoms with Gasteiger partial charge in [-0.25, -0.2) is 4.99 Å². The van der Waals surface area contributed by atoms with Crippen molar-refractivity contribution < 1.29 is 9.32 Å². The number of likely N-dealkylation sites (N-methyl/N-ethyl adjacent to an activating group) is 1. The maximum absolute atomic E-state index is 12.0. The third kappa shape index (κ3) is 5.82. The molecular weight excluding hydrogens is 356 g/mol. The summed E-state index contributed by atoms with van der Waals surface area (Å²) in [5, 5.41) is 7.22. The number of rotatable bonds is 6. The molecule has 8 nitrogen and oxygen atoms in total. The smallest absolute Gasteiger partial charge is 0.241 e. The summed E-state index contributed by atoms with van der Waals surface area (Å²) in [6, 6.07) is 12.0. The zero-order chi connectivity index (χ0) is 19.8. The molecule has 2 heterocycles. The fraction of sp³-hybridized carbons (Fsp3) is 0.450. The summed E-state index contributed by atoms with van der Waals surface area (Å²) in [6.45, 7) is 5.09. The van der Waals surface area contributed by atoms with Gasteiger partial charge in [0.25, 0.3) is 0 Å². The summed E-state index contributed by atoms with van der Waals surface area (Å²) in [5.74, 6) is 0.803. The molecule has 1 aromatic heterocycles. The molecule has 1 aliphatic heterocycles. The number of hydrogen-bond acceptors (Lipinski definition) is 5. The van der Waals surface area contributed by atoms with Gasteiger partial charge in [0.05, 0.1) is 18.8 Å². The van der Waals surface area contributed by atoms with Crippen molar-refractivity contribution in [1.82, 2.24) is 25.2 Å². The number of carbonyl (C=O) groups is 1. The van der Waals surface area contributed by atoms with Crippen LogP contribution in [0.4, 0.5) is 0 Å². The molecule has 28 heavy (non-hydrogen) atoms. The number of benzene rings is 1. The van der Waals surface area contributed by atoms with E-state index in [2.05, 4.69) is 32.4 Å². The van der Waals surface area contributed by atoms with E-state index in [9.17, 15) is 4.79 Å². The lowest BCUT2D eigenvalue weighted by atomic mass is 10.2. The van der Waals surface area contributed by atoms with Gasteiger partial charge in [-0.1, -0.05) is 35.5 Å². The SMILES string of the molecule is CN(C)C(=O)CNC(=NCc1ccccc1)N1CCN(Cc2ccon2)CC1. The molecule has 0 aliphatic carbocycles. The molecule has 8 heteroatoms. The van der Waals surface area contributed by atoms with Crippen LogP contribution in [0.15, 0.2) is 52.2 Å². The normalized spacial score (nSPS) is 15.5. The predicted octanol–water partition coefficient (Wildman–Crippen LogP) is 1.03. The molecule has 1 amide bonds. The number of nitrogens with zero attached hydrogens (tertiary/aromatic N) is 5. The largest absolute Gasteiger partial charge is 0.364 e. The Morgan fingerprint density at radius 2 is 1.93 bits per heavy atom. The van der Waals surface area contributed by atoms with Gasteiger partial charge in [0, 0.05) is 52.9 Å². The van der Waals surface area contributed by atoms with Gasteiger partial charge < -0.3 is 19.6 Å². The highest BCUT2D eigenvalue weighted by Crippen LogP contribution is 2.08. The van der Waals surface area contributed by atoms with Gasteiger partial charge in [-0.15, -0.1) is 0 Å². The maximum atomic E-state index is 12.0. The minimum atomic E-state index is 0.0251. The number of aromatic nitrogens is 1. The molecule has 0 saturated carbocycles. The third-order valence-corrected chi connectivity index (χ3v) is 4.70. The van der Waals surface area contributed by atoms with Crippen LogP contribution in [0, 0.1) is 0 Å². The quantitative estimate of drug-likeness (QED) is 0.592. The van der Waals surface area contributed by atoms with E-state index in [1.54, 1.807) is 25.3 Å². The van der Waals surface area contributed by atoms with Crippen molar-refractivity contribution in [3.8, 4) is 0 Å². The van der Waals surface area contributed by atoms with Crippen molar-refractivity contribution in [3.63, 3.8) is 0 Å². The monoisotopic (exact) mass is 384 g/mol. The van der Waals surface area contributed by atoms with E-state index in [1.807, 2.05) is 24.3 Å². The van der Waals surface area contributed by atoms with Crippen molar-refractivity contribution in [2.75, 3.05) is 46.8 Å². The summed E-state index contributed by atoms with van der Waals surface area (Å²) in [6.07, 6.45) is 1.60. The second-order valence-corrected chi connectivity index (χ2v) is 7.02. The van der Waals surface area contributed by atoms with E-state index in [0.717, 1.165) is 49.9 Å². The number of aliphatic imine (C=N–C) groups is 1. The van der Waals surface area contributed by atoms with Crippen LogP contribution < -0.4 is 5.32 Å². The first kappa shape index (κ1) is 19.9. The van der Waals surface area contributed by atoms with Crippen LogP contribution in [-0.2, 0) is 17.9 Å². The number of guanidine groups is 1. The topological polar surface area (TPSA) is 77.2 Å². The van der Waals surface area contributed by atoms with Crippen molar-refractivity contribution in [2.45, 2.75) is 13.1 Å². The lowest BCUT2D eigenvalue weighted by Crippen LogP contribution is -2.53. The highest BCUT2D eigenvalue weighted by molar-refractivity contribution is 5.86. The lowest BCUT2D eigenvalue weighted by Gasteiger charge is -2.36. The number of hydrogen-bond donors (Lipinski definition) is 1. The van der Waals surface area contributed by atoms with E-state index in [1.165, 1.54) is 0 Å². The highest BCUT2D eigenvalue weighted by Gasteiger charge is 2.21. The molecule has 0 spiro atoms. The highest BCUT2D eigenvalue weighted by atomic mass is 16.5. The predicted molar refractivity (Wildman–Crippen MR) is 108 cm³/mol. The first-order valence-corrected chi connectivity index (χ1v) is 9.51. The van der Waals surface area contributed by atoms with E-state index < -0.39 is 0 Å². The third-order valence-electron chi connectivity index (χ3n) is 4.70. The first-order chi connectivity index (χ1) is 13.6. The summed E-state index contributed by atoms with van der Waals surface area (Å²) < 4.78 is 4.91. The molecule has 2 aromatic rings. The molecule has 150 valence electrons. The Morgan fingerprint density at radius 1 is 1.18 bits per heavy atom. The molecule has 1 fully saturated rings. The lowest BCUT2D eigenvalue weighted by molar-refractivity contribution is -0.127. The van der Waals surface area contributed by atoms with Crippen LogP contribution in [0.3, 0.4) is 0 Å². The molecule has 3 rings (SSSR count). The van der Waals surface area contributed by atoms with E-state index in [0.29, 0.717) is 6.54 Å². The van der Waals surface area contributed by atoms with E-state index in [4.69, 9.17) is 9.52 Å². The van der Waals surface area contributed by atoms with Gasteiger partial charge in [0.15, 0.2) is 5.96 Å². The van der Waals surface area contributed by atoms with Gasteiger partial charge in [-0.05, 0) is 5.56 Å². The van der Waals surface area contributed by atoms with Crippen LogP contribution in [0.5, 0.6) is 0 Å². The van der Waals surface area contributed by atoms with Gasteiger partial charge in [0.2, 0.25) is 5.91 Å². The Bertz CT molecular complexity index is 752. The van der Waals surface area contributed by atoms with Gasteiger partial charge in [0.1, 0.15) is 6.26 Å². The average molecular weight is 384 g/mol. The molecule has 1 saturated heterocycles. The van der Waals surface area contributed by atoms with Crippen LogP contribution in [-0.4, -0.2) is 78.5 Å². The molecule has 1 aliphatic rings. The Morgan fingerprint density at radius 3 is 2.57 bits per heavy atom. The molecular formula is C20H28N6O2. The Hall–Kier alpha value is -2.87. The number of piperazine rings is 1. The van der Waals surface area contributed by atoms with Crippen molar-refractivity contribution >= 4 is 11.9 Å². The molecule has 0 bridgehead atoms. The van der Waals surface area contributed by atoms with E-state index >= 15 is 0 Å². The molecule has 1 aromatic carbocycles. The fourth-order valence-electron chi connectivity index (χ4n) is 3.00. The zero-order valence-electron chi connectivity index (χ0n) is 16.5. The van der Waals surface area contributed by atoms with Crippen LogP contribution >= 0.6 is 0 Å². The molecule has 0 unspecified atom stereocenters. The molecule has 1 N–H and O–H groups in total. The van der Waals surface area contributed by atoms with Crippen molar-refractivity contribution in [1.29, 1.82) is 0 Å². The minimum Gasteiger partial charge on any atom is -0.364 e. The number of nitrogens with one attached hydrogen (secondary N) is 1. The Labute approximate surface area is 165 Å². The van der Waals surface area contributed by atoms with Crippen molar-refractivity contribution in [2.24, 2.45) is 4.99 Å². The fourth-order valence-corrected chi connectivity index (χ4v) is 3.00. The standard InChI is InChI=1S/C20H28N6O2/c1-24(2)19(27)15-22-20(21-14-17-6-4-3-5-7-17)26-11-9-25(10-12-26)16-18-8-13-28-23-18/h3-8,13H,9-12,14-16H2,1-2H3,(H,21,22). The van der Waals surface area contributed by atoms with Crippen LogP contribution in [0.25, 0.3) is 0 Å². The summed E-state index contributed by atoms with van der Waals surface area (Å²) in [7, 11) is 3.51. The number of amides is 1. The zero-order valence-corrected chi connectivity index (χ0v) is 16.5. The minimum absolute atomic E-state index is 0.0251. The molecule has 0 atom stereocenters. The second kappa shape index (κ2) is 9.89. The van der Waals surface area contributed by atoms with Crippen molar-refractivity contribution in [3.05, 3.63) is 53.9 Å². The number of carbonyl (C=O) groups excluding carboxylic acids is 1. The summed E-state index contributed by atoms with van der Waals surface area (Å²) >= 11 is 0. The Balaban J connectivity index is 1.60. The van der Waals surface area contributed by atoms with Gasteiger partial charge in [-0.3, -0.25) is 9.69 Å². The van der Waals surface area contributed by atoms with Gasteiger partial charge in [-0.2, -0.15) is 0 Å².